The molecule has 0 spiro atoms. The van der Waals surface area contributed by atoms with Gasteiger partial charge in [0.15, 0.2) is 27.8 Å². The van der Waals surface area contributed by atoms with E-state index < -0.39 is 16.5 Å². The van der Waals surface area contributed by atoms with Gasteiger partial charge in [-0.1, -0.05) is 5.57 Å². The molecular formula is C21H18O7. The number of aliphatic hydroxyl groups excluding tert-OH is 2. The Morgan fingerprint density at radius 3 is 2.32 bits per heavy atom. The Kier molecular flexibility index (Phi) is 4.68. The molecule has 7 heteroatoms. The zero-order valence-electron chi connectivity index (χ0n) is 15.7. The van der Waals surface area contributed by atoms with Crippen LogP contribution in [0.5, 0.6) is 0 Å². The highest BCUT2D eigenvalue weighted by Crippen LogP contribution is 2.19. The number of fused-ring (bicyclic) bond motifs is 1. The lowest BCUT2D eigenvalue weighted by atomic mass is 10.1. The van der Waals surface area contributed by atoms with Gasteiger partial charge in [-0.2, -0.15) is 0 Å². The van der Waals surface area contributed by atoms with Crippen LogP contribution < -0.4 is 26.9 Å². The first-order valence-corrected chi connectivity index (χ1v) is 8.43. The predicted octanol–water partition coefficient (Wildman–Crippen LogP) is 1.33. The van der Waals surface area contributed by atoms with Gasteiger partial charge in [0, 0.05) is 11.6 Å². The molecule has 144 valence electrons. The van der Waals surface area contributed by atoms with Crippen molar-refractivity contribution in [3.8, 4) is 11.5 Å². The van der Waals surface area contributed by atoms with Crippen LogP contribution in [0.4, 0.5) is 0 Å². The van der Waals surface area contributed by atoms with Gasteiger partial charge in [-0.25, -0.2) is 4.79 Å². The van der Waals surface area contributed by atoms with Crippen molar-refractivity contribution < 1.29 is 19.0 Å². The second-order valence-corrected chi connectivity index (χ2v) is 6.74. The Morgan fingerprint density at radius 2 is 1.71 bits per heavy atom. The maximum absolute atomic E-state index is 12.7. The fraction of sp³-hybridized carbons (Fsp3) is 0.190. The number of aryl methyl sites for hydroxylation is 1. The third-order valence-electron chi connectivity index (χ3n) is 4.35. The zero-order valence-corrected chi connectivity index (χ0v) is 15.7. The number of benzene rings is 1. The molecule has 0 fully saturated rings. The summed E-state index contributed by atoms with van der Waals surface area (Å²) in [6, 6.07) is 2.26. The Labute approximate surface area is 157 Å². The van der Waals surface area contributed by atoms with Crippen molar-refractivity contribution in [2.75, 3.05) is 0 Å². The molecule has 1 aliphatic heterocycles. The van der Waals surface area contributed by atoms with Gasteiger partial charge in [0.05, 0.1) is 16.7 Å². The van der Waals surface area contributed by atoms with E-state index in [1.54, 1.807) is 13.8 Å². The summed E-state index contributed by atoms with van der Waals surface area (Å²) in [5, 5.41) is 19.5. The molecule has 0 saturated carbocycles. The number of rotatable bonds is 1. The van der Waals surface area contributed by atoms with Crippen LogP contribution in [0.3, 0.4) is 0 Å². The van der Waals surface area contributed by atoms with Crippen LogP contribution >= 0.6 is 0 Å². The van der Waals surface area contributed by atoms with E-state index in [0.29, 0.717) is 11.8 Å². The normalized spacial score (nSPS) is 13.1. The lowest BCUT2D eigenvalue weighted by molar-refractivity contribution is 0.487. The molecule has 3 aliphatic rings. The van der Waals surface area contributed by atoms with E-state index in [2.05, 4.69) is 0 Å². The Bertz CT molecular complexity index is 1470. The SMILES string of the molecule is CC(C)=C/C(O)=c1\c(C)c2oc(=O)c3c(C)cc(=O)/c(=C/O)c=3oc-2cc1=O. The Balaban J connectivity index is 2.72. The summed E-state index contributed by atoms with van der Waals surface area (Å²) in [6.45, 7) is 6.57. The summed E-state index contributed by atoms with van der Waals surface area (Å²) < 4.78 is 11.1. The minimum atomic E-state index is -0.802. The van der Waals surface area contributed by atoms with Gasteiger partial charge in [0.1, 0.15) is 11.0 Å². The Morgan fingerprint density at radius 1 is 1.04 bits per heavy atom. The second kappa shape index (κ2) is 6.84. The first kappa shape index (κ1) is 19.2. The molecule has 0 amide bonds. The summed E-state index contributed by atoms with van der Waals surface area (Å²) in [6.07, 6.45) is 1.98. The van der Waals surface area contributed by atoms with E-state index in [0.717, 1.165) is 11.6 Å². The number of hydrogen-bond donors (Lipinski definition) is 2. The highest BCUT2D eigenvalue weighted by molar-refractivity contribution is 5.61. The molecule has 0 aromatic heterocycles. The number of allylic oxidation sites excluding steroid dienone is 1. The van der Waals surface area contributed by atoms with Gasteiger partial charge in [-0.3, -0.25) is 9.59 Å². The molecule has 1 heterocycles. The van der Waals surface area contributed by atoms with E-state index in [4.69, 9.17) is 8.83 Å². The minimum Gasteiger partial charge on any atom is -0.515 e. The van der Waals surface area contributed by atoms with Crippen molar-refractivity contribution in [2.45, 2.75) is 27.7 Å². The fourth-order valence-electron chi connectivity index (χ4n) is 3.11. The van der Waals surface area contributed by atoms with Crippen molar-refractivity contribution >= 4 is 12.0 Å². The molecule has 0 atom stereocenters. The van der Waals surface area contributed by atoms with Gasteiger partial charge >= 0.3 is 5.63 Å². The number of hydrogen-bond acceptors (Lipinski definition) is 7. The highest BCUT2D eigenvalue weighted by atomic mass is 16.4. The molecule has 0 radical (unpaired) electrons. The molecule has 28 heavy (non-hydrogen) atoms. The summed E-state index contributed by atoms with van der Waals surface area (Å²) in [5.74, 6) is -0.387. The van der Waals surface area contributed by atoms with Crippen molar-refractivity contribution in [1.82, 2.24) is 0 Å². The quantitative estimate of drug-likeness (QED) is 0.652. The maximum Gasteiger partial charge on any atom is 0.347 e. The third kappa shape index (κ3) is 3.00. The smallest absolute Gasteiger partial charge is 0.347 e. The van der Waals surface area contributed by atoms with Crippen LogP contribution in [-0.4, -0.2) is 10.2 Å². The molecule has 7 nitrogen and oxygen atoms in total. The van der Waals surface area contributed by atoms with Gasteiger partial charge in [-0.15, -0.1) is 0 Å². The topological polar surface area (TPSA) is 118 Å². The molecule has 2 N–H and O–H groups in total. The van der Waals surface area contributed by atoms with Crippen LogP contribution in [0, 0.1) is 24.5 Å². The van der Waals surface area contributed by atoms with E-state index >= 15 is 0 Å². The second-order valence-electron chi connectivity index (χ2n) is 6.74. The van der Waals surface area contributed by atoms with Gasteiger partial charge in [-0.05, 0) is 45.4 Å². The van der Waals surface area contributed by atoms with Crippen LogP contribution in [0.1, 0.15) is 25.0 Å². The van der Waals surface area contributed by atoms with E-state index in [1.807, 2.05) is 0 Å². The molecule has 0 aromatic carbocycles. The van der Waals surface area contributed by atoms with Crippen molar-refractivity contribution in [3.63, 3.8) is 0 Å². The maximum atomic E-state index is 12.7. The molecule has 0 unspecified atom stereocenters. The molecule has 2 aliphatic carbocycles. The third-order valence-corrected chi connectivity index (χ3v) is 4.35. The zero-order chi connectivity index (χ0) is 20.7. The average molecular weight is 382 g/mol. The summed E-state index contributed by atoms with van der Waals surface area (Å²) in [5.41, 5.74) is -0.774. The number of aliphatic hydroxyl groups is 2. The fourth-order valence-corrected chi connectivity index (χ4v) is 3.11. The minimum absolute atomic E-state index is 0.0162. The van der Waals surface area contributed by atoms with Gasteiger partial charge in [0.2, 0.25) is 0 Å². The van der Waals surface area contributed by atoms with Crippen LogP contribution in [-0.2, 0) is 0 Å². The molecule has 3 rings (SSSR count). The standard InChI is InChI=1S/C21H18O7/c1-9(2)5-14(24)18-11(4)19-16(7-15(18)25)27-20-12(8-22)13(23)6-10(3)17(20)21(26)28-19/h5-8,22,24H,1-4H3/b12-8-,18-14-. The monoisotopic (exact) mass is 382 g/mol. The molecule has 0 saturated heterocycles. The summed E-state index contributed by atoms with van der Waals surface area (Å²) in [4.78, 5) is 37.4. The van der Waals surface area contributed by atoms with Crippen molar-refractivity contribution in [3.05, 3.63) is 86.8 Å². The average Bonchev–Trinajstić information content (AvgIpc) is 2.71. The van der Waals surface area contributed by atoms with Crippen molar-refractivity contribution in [1.29, 1.82) is 0 Å². The molecule has 0 aromatic rings. The first-order chi connectivity index (χ1) is 13.1. The van der Waals surface area contributed by atoms with Crippen LogP contribution in [0.25, 0.3) is 23.5 Å². The molecular weight excluding hydrogens is 364 g/mol. The highest BCUT2D eigenvalue weighted by Gasteiger charge is 2.18. The predicted molar refractivity (Wildman–Crippen MR) is 103 cm³/mol. The van der Waals surface area contributed by atoms with Crippen LogP contribution in [0.2, 0.25) is 0 Å². The lowest BCUT2D eigenvalue weighted by Gasteiger charge is -2.04. The van der Waals surface area contributed by atoms with Gasteiger partial charge in [0.25, 0.3) is 0 Å². The van der Waals surface area contributed by atoms with Gasteiger partial charge < -0.3 is 19.0 Å². The van der Waals surface area contributed by atoms with E-state index in [-0.39, 0.29) is 43.9 Å². The molecule has 0 bridgehead atoms. The van der Waals surface area contributed by atoms with Crippen molar-refractivity contribution in [2.24, 2.45) is 0 Å². The summed E-state index contributed by atoms with van der Waals surface area (Å²) >= 11 is 0. The largest absolute Gasteiger partial charge is 0.515 e. The first-order valence-electron chi connectivity index (χ1n) is 8.43. The summed E-state index contributed by atoms with van der Waals surface area (Å²) in [7, 11) is 0. The lowest BCUT2D eigenvalue weighted by Crippen LogP contribution is -2.30. The van der Waals surface area contributed by atoms with E-state index in [9.17, 15) is 24.6 Å². The van der Waals surface area contributed by atoms with E-state index in [1.165, 1.54) is 26.0 Å². The Hall–Kier alpha value is -3.61. The van der Waals surface area contributed by atoms with Crippen LogP contribution in [0.15, 0.2) is 47.0 Å².